The molecule has 0 aliphatic heterocycles. The predicted octanol–water partition coefficient (Wildman–Crippen LogP) is 2.72. The van der Waals surface area contributed by atoms with Crippen LogP contribution in [0.1, 0.15) is 21.5 Å². The van der Waals surface area contributed by atoms with Gasteiger partial charge in [0.1, 0.15) is 6.61 Å². The minimum atomic E-state index is -0.313. The number of ether oxygens (including phenoxy) is 1. The third-order valence-electron chi connectivity index (χ3n) is 3.13. The maximum atomic E-state index is 11.9. The molecular formula is C17H19NO2. The molecule has 2 aromatic rings. The molecule has 3 nitrogen and oxygen atoms in total. The van der Waals surface area contributed by atoms with Gasteiger partial charge in [-0.3, -0.25) is 0 Å². The molecule has 0 fully saturated rings. The van der Waals surface area contributed by atoms with Gasteiger partial charge in [0.25, 0.3) is 0 Å². The van der Waals surface area contributed by atoms with Gasteiger partial charge in [-0.25, -0.2) is 4.79 Å². The zero-order valence-electron chi connectivity index (χ0n) is 11.6. The summed E-state index contributed by atoms with van der Waals surface area (Å²) in [6.07, 6.45) is 0.696. The fourth-order valence-corrected chi connectivity index (χ4v) is 2.04. The third kappa shape index (κ3) is 3.93. The van der Waals surface area contributed by atoms with Crippen LogP contribution < -0.4 is 5.73 Å². The summed E-state index contributed by atoms with van der Waals surface area (Å²) in [6, 6.07) is 17.1. The normalized spacial score (nSPS) is 11.9. The van der Waals surface area contributed by atoms with Crippen molar-refractivity contribution in [2.75, 3.05) is 6.61 Å². The maximum Gasteiger partial charge on any atom is 0.338 e. The third-order valence-corrected chi connectivity index (χ3v) is 3.13. The summed E-state index contributed by atoms with van der Waals surface area (Å²) in [5.74, 6) is -0.313. The van der Waals surface area contributed by atoms with Gasteiger partial charge in [0.2, 0.25) is 0 Å². The lowest BCUT2D eigenvalue weighted by molar-refractivity contribution is 0.0480. The number of nitrogens with two attached hydrogens (primary N) is 1. The number of esters is 1. The van der Waals surface area contributed by atoms with E-state index >= 15 is 0 Å². The Kier molecular flexibility index (Phi) is 4.91. The zero-order valence-corrected chi connectivity index (χ0v) is 11.6. The molecule has 2 aromatic carbocycles. The molecule has 0 saturated carbocycles. The number of aryl methyl sites for hydroxylation is 1. The van der Waals surface area contributed by atoms with Crippen LogP contribution in [0, 0.1) is 6.92 Å². The van der Waals surface area contributed by atoms with E-state index in [-0.39, 0.29) is 18.6 Å². The molecule has 104 valence electrons. The summed E-state index contributed by atoms with van der Waals surface area (Å²) in [6.45, 7) is 2.11. The number of carbonyl (C=O) groups is 1. The molecule has 1 atom stereocenters. The summed E-state index contributed by atoms with van der Waals surface area (Å²) in [7, 11) is 0. The molecule has 0 saturated heterocycles. The zero-order chi connectivity index (χ0) is 14.4. The summed E-state index contributed by atoms with van der Waals surface area (Å²) in [5, 5.41) is 0. The highest BCUT2D eigenvalue weighted by Gasteiger charge is 2.12. The lowest BCUT2D eigenvalue weighted by atomic mass is 10.1. The summed E-state index contributed by atoms with van der Waals surface area (Å²) in [4.78, 5) is 11.9. The number of carbonyl (C=O) groups excluding carboxylic acids is 1. The lowest BCUT2D eigenvalue weighted by Crippen LogP contribution is -2.30. The molecular weight excluding hydrogens is 250 g/mol. The van der Waals surface area contributed by atoms with Crippen LogP contribution in [0.2, 0.25) is 0 Å². The first-order valence-electron chi connectivity index (χ1n) is 6.69. The van der Waals surface area contributed by atoms with E-state index in [4.69, 9.17) is 10.5 Å². The van der Waals surface area contributed by atoms with Crippen molar-refractivity contribution >= 4 is 5.97 Å². The summed E-state index contributed by atoms with van der Waals surface area (Å²) in [5.41, 5.74) is 8.65. The highest BCUT2D eigenvalue weighted by atomic mass is 16.5. The van der Waals surface area contributed by atoms with Gasteiger partial charge in [-0.05, 0) is 30.5 Å². The minimum Gasteiger partial charge on any atom is -0.460 e. The average molecular weight is 269 g/mol. The number of hydrogen-bond acceptors (Lipinski definition) is 3. The molecule has 0 aliphatic rings. The number of hydrogen-bond donors (Lipinski definition) is 1. The van der Waals surface area contributed by atoms with E-state index < -0.39 is 0 Å². The Morgan fingerprint density at radius 1 is 1.10 bits per heavy atom. The molecule has 2 N–H and O–H groups in total. The average Bonchev–Trinajstić information content (AvgIpc) is 2.46. The van der Waals surface area contributed by atoms with Gasteiger partial charge in [0.15, 0.2) is 0 Å². The Balaban J connectivity index is 1.86. The number of rotatable bonds is 5. The number of benzene rings is 2. The maximum absolute atomic E-state index is 11.9. The highest BCUT2D eigenvalue weighted by molar-refractivity contribution is 5.90. The van der Waals surface area contributed by atoms with Crippen LogP contribution in [0.25, 0.3) is 0 Å². The standard InChI is InChI=1S/C17H19NO2/c1-13-7-5-6-10-16(13)17(19)20-12-15(18)11-14-8-3-2-4-9-14/h2-10,15H,11-12,18H2,1H3. The molecule has 20 heavy (non-hydrogen) atoms. The minimum absolute atomic E-state index is 0.189. The molecule has 0 amide bonds. The highest BCUT2D eigenvalue weighted by Crippen LogP contribution is 2.09. The molecule has 0 radical (unpaired) electrons. The summed E-state index contributed by atoms with van der Waals surface area (Å²) < 4.78 is 5.28. The van der Waals surface area contributed by atoms with Gasteiger partial charge in [-0.2, -0.15) is 0 Å². The molecule has 0 aromatic heterocycles. The van der Waals surface area contributed by atoms with Crippen LogP contribution in [0.4, 0.5) is 0 Å². The van der Waals surface area contributed by atoms with Crippen LogP contribution in [0.15, 0.2) is 54.6 Å². The van der Waals surface area contributed by atoms with E-state index in [2.05, 4.69) is 0 Å². The lowest BCUT2D eigenvalue weighted by Gasteiger charge is -2.13. The Bertz CT molecular complexity index is 566. The smallest absolute Gasteiger partial charge is 0.338 e. The molecule has 0 heterocycles. The van der Waals surface area contributed by atoms with E-state index in [0.29, 0.717) is 12.0 Å². The molecule has 0 bridgehead atoms. The second-order valence-electron chi connectivity index (χ2n) is 4.86. The van der Waals surface area contributed by atoms with Crippen molar-refractivity contribution in [2.45, 2.75) is 19.4 Å². The molecule has 2 rings (SSSR count). The van der Waals surface area contributed by atoms with Gasteiger partial charge in [-0.1, -0.05) is 48.5 Å². The van der Waals surface area contributed by atoms with Gasteiger partial charge in [-0.15, -0.1) is 0 Å². The first-order valence-corrected chi connectivity index (χ1v) is 6.69. The second-order valence-corrected chi connectivity index (χ2v) is 4.86. The van der Waals surface area contributed by atoms with Crippen LogP contribution in [0.5, 0.6) is 0 Å². The molecule has 1 unspecified atom stereocenters. The topological polar surface area (TPSA) is 52.3 Å². The van der Waals surface area contributed by atoms with Gasteiger partial charge >= 0.3 is 5.97 Å². The van der Waals surface area contributed by atoms with Gasteiger partial charge in [0.05, 0.1) is 5.56 Å². The van der Waals surface area contributed by atoms with Crippen molar-refractivity contribution in [2.24, 2.45) is 5.73 Å². The predicted molar refractivity (Wildman–Crippen MR) is 79.6 cm³/mol. The Morgan fingerprint density at radius 3 is 2.45 bits per heavy atom. The fourth-order valence-electron chi connectivity index (χ4n) is 2.04. The van der Waals surface area contributed by atoms with Crippen LogP contribution in [-0.2, 0) is 11.2 Å². The van der Waals surface area contributed by atoms with E-state index in [1.54, 1.807) is 6.07 Å². The molecule has 3 heteroatoms. The van der Waals surface area contributed by atoms with Crippen molar-refractivity contribution in [3.05, 3.63) is 71.3 Å². The van der Waals surface area contributed by atoms with Crippen molar-refractivity contribution in [3.8, 4) is 0 Å². The van der Waals surface area contributed by atoms with Crippen molar-refractivity contribution in [1.82, 2.24) is 0 Å². The van der Waals surface area contributed by atoms with E-state index in [9.17, 15) is 4.79 Å². The van der Waals surface area contributed by atoms with Gasteiger partial charge in [0, 0.05) is 6.04 Å². The Labute approximate surface area is 119 Å². The molecule has 0 aliphatic carbocycles. The Morgan fingerprint density at radius 2 is 1.75 bits per heavy atom. The van der Waals surface area contributed by atoms with Crippen molar-refractivity contribution in [3.63, 3.8) is 0 Å². The quantitative estimate of drug-likeness (QED) is 0.849. The van der Waals surface area contributed by atoms with Crippen LogP contribution >= 0.6 is 0 Å². The first kappa shape index (κ1) is 14.3. The van der Waals surface area contributed by atoms with E-state index in [1.807, 2.05) is 55.5 Å². The van der Waals surface area contributed by atoms with Gasteiger partial charge < -0.3 is 10.5 Å². The molecule has 0 spiro atoms. The van der Waals surface area contributed by atoms with Crippen LogP contribution in [0.3, 0.4) is 0 Å². The Hall–Kier alpha value is -2.13. The summed E-state index contributed by atoms with van der Waals surface area (Å²) >= 11 is 0. The van der Waals surface area contributed by atoms with Crippen molar-refractivity contribution < 1.29 is 9.53 Å². The van der Waals surface area contributed by atoms with E-state index in [1.165, 1.54) is 0 Å². The van der Waals surface area contributed by atoms with E-state index in [0.717, 1.165) is 11.1 Å². The monoisotopic (exact) mass is 269 g/mol. The van der Waals surface area contributed by atoms with Crippen molar-refractivity contribution in [1.29, 1.82) is 0 Å². The SMILES string of the molecule is Cc1ccccc1C(=O)OCC(N)Cc1ccccc1. The van der Waals surface area contributed by atoms with Crippen LogP contribution in [-0.4, -0.2) is 18.6 Å². The fraction of sp³-hybridized carbons (Fsp3) is 0.235. The second kappa shape index (κ2) is 6.87. The first-order chi connectivity index (χ1) is 9.66. The largest absolute Gasteiger partial charge is 0.460 e.